The zero-order chi connectivity index (χ0) is 13.5. The third kappa shape index (κ3) is 1.98. The lowest BCUT2D eigenvalue weighted by atomic mass is 9.59. The van der Waals surface area contributed by atoms with Crippen molar-refractivity contribution in [1.29, 1.82) is 0 Å². The molecule has 0 unspecified atom stereocenters. The monoisotopic (exact) mass is 262 g/mol. The summed E-state index contributed by atoms with van der Waals surface area (Å²) in [5.74, 6) is 0.585. The summed E-state index contributed by atoms with van der Waals surface area (Å²) >= 11 is 0. The molecule has 19 heavy (non-hydrogen) atoms. The molecule has 0 saturated heterocycles. The fourth-order valence-electron chi connectivity index (χ4n) is 3.94. The molecule has 1 aromatic heterocycles. The first-order valence-electron chi connectivity index (χ1n) is 7.26. The molecule has 0 amide bonds. The third-order valence-electron chi connectivity index (χ3n) is 5.12. The topological polar surface area (TPSA) is 68.9 Å². The Morgan fingerprint density at radius 3 is 3.11 bits per heavy atom. The molecule has 2 aliphatic carbocycles. The summed E-state index contributed by atoms with van der Waals surface area (Å²) in [6.45, 7) is 2.57. The first-order valence-corrected chi connectivity index (χ1v) is 7.26. The van der Waals surface area contributed by atoms with Gasteiger partial charge in [0, 0.05) is 12.2 Å². The molecule has 3 N–H and O–H groups in total. The normalized spacial score (nSPS) is 29.6. The molecule has 0 radical (unpaired) electrons. The summed E-state index contributed by atoms with van der Waals surface area (Å²) in [5.41, 5.74) is 3.49. The zero-order valence-electron chi connectivity index (χ0n) is 11.5. The van der Waals surface area contributed by atoms with E-state index in [9.17, 15) is 4.79 Å². The largest absolute Gasteiger partial charge is 0.396 e. The van der Waals surface area contributed by atoms with Gasteiger partial charge < -0.3 is 5.11 Å². The number of nitrogens with one attached hydrogen (secondary N) is 2. The fraction of sp³-hybridized carbons (Fsp3) is 0.667. The predicted molar refractivity (Wildman–Crippen MR) is 74.9 cm³/mol. The molecule has 0 aromatic carbocycles. The minimum absolute atomic E-state index is 0.0259. The maximum absolute atomic E-state index is 11.8. The summed E-state index contributed by atoms with van der Waals surface area (Å²) in [4.78, 5) is 11.8. The molecule has 3 rings (SSSR count). The number of fused-ring (bicyclic) bond motifs is 2. The number of aliphatic hydroxyl groups excluding tert-OH is 1. The number of hydrogen-bond donors (Lipinski definition) is 3. The standard InChI is InChI=1S/C15H22N2O2/c1-15-9-12-13(16-17-14(12)19)8-11(15)5-2-4-10(15)6-3-7-18/h8,10,18H,2-7,9H2,1H3,(H2,16,17,19)/t10-,15-/m1/s1. The van der Waals surface area contributed by atoms with Gasteiger partial charge in [0.1, 0.15) is 0 Å². The quantitative estimate of drug-likeness (QED) is 0.781. The SMILES string of the molecule is C[C@]12Cc3c([nH][nH]c3=O)C=C1CCC[C@@H]2CCCO. The number of allylic oxidation sites excluding steroid dienone is 1. The van der Waals surface area contributed by atoms with Crippen LogP contribution in [0.5, 0.6) is 0 Å². The zero-order valence-corrected chi connectivity index (χ0v) is 11.5. The summed E-state index contributed by atoms with van der Waals surface area (Å²) in [5, 5.41) is 14.8. The van der Waals surface area contributed by atoms with Crippen molar-refractivity contribution in [1.82, 2.24) is 10.2 Å². The molecule has 1 heterocycles. The van der Waals surface area contributed by atoms with Gasteiger partial charge in [-0.05, 0) is 55.9 Å². The minimum atomic E-state index is 0.0259. The highest BCUT2D eigenvalue weighted by molar-refractivity contribution is 5.58. The van der Waals surface area contributed by atoms with E-state index in [0.717, 1.165) is 36.9 Å². The van der Waals surface area contributed by atoms with Crippen LogP contribution < -0.4 is 5.56 Å². The predicted octanol–water partition coefficient (Wildman–Crippen LogP) is 2.22. The van der Waals surface area contributed by atoms with E-state index in [0.29, 0.717) is 5.92 Å². The maximum Gasteiger partial charge on any atom is 0.267 e. The Kier molecular flexibility index (Phi) is 3.13. The lowest BCUT2D eigenvalue weighted by Crippen LogP contribution is -2.38. The van der Waals surface area contributed by atoms with E-state index in [1.165, 1.54) is 18.4 Å². The molecular formula is C15H22N2O2. The molecule has 0 aliphatic heterocycles. The van der Waals surface area contributed by atoms with Gasteiger partial charge in [-0.2, -0.15) is 0 Å². The van der Waals surface area contributed by atoms with Crippen LogP contribution in [0.3, 0.4) is 0 Å². The number of aromatic amines is 2. The highest BCUT2D eigenvalue weighted by Gasteiger charge is 2.42. The van der Waals surface area contributed by atoms with Crippen LogP contribution in [0, 0.1) is 11.3 Å². The summed E-state index contributed by atoms with van der Waals surface area (Å²) in [6, 6.07) is 0. The van der Waals surface area contributed by atoms with E-state index in [4.69, 9.17) is 5.11 Å². The van der Waals surface area contributed by atoms with Crippen LogP contribution in [0.2, 0.25) is 0 Å². The van der Waals surface area contributed by atoms with Crippen molar-refractivity contribution in [2.24, 2.45) is 11.3 Å². The van der Waals surface area contributed by atoms with Gasteiger partial charge in [0.2, 0.25) is 0 Å². The van der Waals surface area contributed by atoms with Crippen LogP contribution in [0.1, 0.15) is 50.3 Å². The fourth-order valence-corrected chi connectivity index (χ4v) is 3.94. The van der Waals surface area contributed by atoms with E-state index in [2.05, 4.69) is 23.2 Å². The Bertz CT molecular complexity index is 555. The van der Waals surface area contributed by atoms with Crippen molar-refractivity contribution < 1.29 is 5.11 Å². The smallest absolute Gasteiger partial charge is 0.267 e. The Morgan fingerprint density at radius 2 is 2.32 bits per heavy atom. The molecule has 2 atom stereocenters. The number of aromatic nitrogens is 2. The van der Waals surface area contributed by atoms with Crippen LogP contribution in [0.4, 0.5) is 0 Å². The lowest BCUT2D eigenvalue weighted by Gasteiger charge is -2.45. The van der Waals surface area contributed by atoms with E-state index in [-0.39, 0.29) is 17.6 Å². The summed E-state index contributed by atoms with van der Waals surface area (Å²) in [6.07, 6.45) is 8.52. The third-order valence-corrected chi connectivity index (χ3v) is 5.12. The van der Waals surface area contributed by atoms with E-state index in [1.54, 1.807) is 0 Å². The number of rotatable bonds is 3. The van der Waals surface area contributed by atoms with Crippen molar-refractivity contribution in [3.63, 3.8) is 0 Å². The van der Waals surface area contributed by atoms with Crippen LogP contribution >= 0.6 is 0 Å². The first-order chi connectivity index (χ1) is 9.15. The van der Waals surface area contributed by atoms with E-state index in [1.807, 2.05) is 0 Å². The first kappa shape index (κ1) is 12.7. The van der Waals surface area contributed by atoms with Gasteiger partial charge in [0.05, 0.1) is 5.69 Å². The highest BCUT2D eigenvalue weighted by atomic mass is 16.2. The molecule has 1 aromatic rings. The molecule has 4 heteroatoms. The van der Waals surface area contributed by atoms with Crippen LogP contribution in [0.15, 0.2) is 10.4 Å². The van der Waals surface area contributed by atoms with Crippen molar-refractivity contribution >= 4 is 6.08 Å². The average molecular weight is 262 g/mol. The molecule has 0 spiro atoms. The van der Waals surface area contributed by atoms with Gasteiger partial charge in [-0.25, -0.2) is 0 Å². The molecule has 1 fully saturated rings. The van der Waals surface area contributed by atoms with Crippen molar-refractivity contribution in [3.05, 3.63) is 27.2 Å². The maximum atomic E-state index is 11.8. The van der Waals surface area contributed by atoms with Crippen molar-refractivity contribution in [2.75, 3.05) is 6.61 Å². The van der Waals surface area contributed by atoms with Gasteiger partial charge in [0.15, 0.2) is 0 Å². The minimum Gasteiger partial charge on any atom is -0.396 e. The highest BCUT2D eigenvalue weighted by Crippen LogP contribution is 2.51. The van der Waals surface area contributed by atoms with Crippen molar-refractivity contribution in [2.45, 2.75) is 45.4 Å². The Labute approximate surface area is 112 Å². The molecule has 1 saturated carbocycles. The van der Waals surface area contributed by atoms with Crippen LogP contribution in [-0.4, -0.2) is 21.9 Å². The van der Waals surface area contributed by atoms with E-state index >= 15 is 0 Å². The Morgan fingerprint density at radius 1 is 1.47 bits per heavy atom. The number of hydrogen-bond acceptors (Lipinski definition) is 2. The molecule has 2 aliphatic rings. The van der Waals surface area contributed by atoms with Gasteiger partial charge in [-0.3, -0.25) is 15.0 Å². The second-order valence-corrected chi connectivity index (χ2v) is 6.19. The average Bonchev–Trinajstić information content (AvgIpc) is 2.74. The molecule has 0 bridgehead atoms. The van der Waals surface area contributed by atoms with Crippen molar-refractivity contribution in [3.8, 4) is 0 Å². The number of H-pyrrole nitrogens is 2. The molecular weight excluding hydrogens is 240 g/mol. The second kappa shape index (κ2) is 4.67. The second-order valence-electron chi connectivity index (χ2n) is 6.19. The van der Waals surface area contributed by atoms with Crippen LogP contribution in [0.25, 0.3) is 6.08 Å². The summed E-state index contributed by atoms with van der Waals surface area (Å²) in [7, 11) is 0. The summed E-state index contributed by atoms with van der Waals surface area (Å²) < 4.78 is 0. The van der Waals surface area contributed by atoms with Gasteiger partial charge in [-0.1, -0.05) is 12.5 Å². The molecule has 4 nitrogen and oxygen atoms in total. The van der Waals surface area contributed by atoms with Gasteiger partial charge in [-0.15, -0.1) is 0 Å². The lowest BCUT2D eigenvalue weighted by molar-refractivity contribution is 0.155. The number of aliphatic hydroxyl groups is 1. The Balaban J connectivity index is 1.96. The Hall–Kier alpha value is -1.29. The molecule has 104 valence electrons. The van der Waals surface area contributed by atoms with E-state index < -0.39 is 0 Å². The van der Waals surface area contributed by atoms with Gasteiger partial charge >= 0.3 is 0 Å². The van der Waals surface area contributed by atoms with Crippen LogP contribution in [-0.2, 0) is 6.42 Å². The van der Waals surface area contributed by atoms with Gasteiger partial charge in [0.25, 0.3) is 5.56 Å².